The van der Waals surface area contributed by atoms with Gasteiger partial charge in [0, 0.05) is 29.0 Å². The molecule has 2 saturated heterocycles. The van der Waals surface area contributed by atoms with Gasteiger partial charge in [0.25, 0.3) is 5.91 Å². The number of piperidine rings is 1. The van der Waals surface area contributed by atoms with Crippen LogP contribution in [0, 0.1) is 5.92 Å². The van der Waals surface area contributed by atoms with E-state index in [2.05, 4.69) is 10.2 Å². The topological polar surface area (TPSA) is 32.3 Å². The summed E-state index contributed by atoms with van der Waals surface area (Å²) in [6.45, 7) is 3.33. The van der Waals surface area contributed by atoms with Crippen LogP contribution in [0.4, 0.5) is 0 Å². The van der Waals surface area contributed by atoms with Gasteiger partial charge in [0.1, 0.15) is 0 Å². The van der Waals surface area contributed by atoms with Crippen LogP contribution in [0.1, 0.15) is 16.1 Å². The summed E-state index contributed by atoms with van der Waals surface area (Å²) in [4.78, 5) is 16.7. The van der Waals surface area contributed by atoms with Gasteiger partial charge in [0.05, 0.1) is 4.88 Å². The molecular weight excluding hydrogens is 316 g/mol. The van der Waals surface area contributed by atoms with E-state index in [4.69, 9.17) is 11.6 Å². The number of rotatable bonds is 3. The molecular formula is C17H17ClN2OS. The Hall–Kier alpha value is -1.36. The SMILES string of the molecule is O=C(NC1CN2CC[C@H]1C2)c1ccc(-c2cccc(Cl)c2)s1. The predicted octanol–water partition coefficient (Wildman–Crippen LogP) is 3.50. The summed E-state index contributed by atoms with van der Waals surface area (Å²) in [6, 6.07) is 12.0. The lowest BCUT2D eigenvalue weighted by Gasteiger charge is -2.22. The lowest BCUT2D eigenvalue weighted by molar-refractivity contribution is 0.0928. The highest BCUT2D eigenvalue weighted by Crippen LogP contribution is 2.31. The standard InChI is InChI=1S/C17H17ClN2OS/c18-13-3-1-2-11(8-13)15-4-5-16(22-15)17(21)19-14-10-20-7-6-12(14)9-20/h1-5,8,12,14H,6-7,9-10H2,(H,19,21)/t12-,14?/m0/s1. The maximum absolute atomic E-state index is 12.4. The summed E-state index contributed by atoms with van der Waals surface area (Å²) in [6.07, 6.45) is 1.21. The van der Waals surface area contributed by atoms with Crippen molar-refractivity contribution < 1.29 is 4.79 Å². The summed E-state index contributed by atoms with van der Waals surface area (Å²) < 4.78 is 0. The van der Waals surface area contributed by atoms with Crippen molar-refractivity contribution in [2.75, 3.05) is 19.6 Å². The molecule has 1 N–H and O–H groups in total. The number of amides is 1. The zero-order valence-electron chi connectivity index (χ0n) is 12.1. The molecule has 0 saturated carbocycles. The fourth-order valence-electron chi connectivity index (χ4n) is 3.44. The fraction of sp³-hybridized carbons (Fsp3) is 0.353. The van der Waals surface area contributed by atoms with E-state index in [1.165, 1.54) is 24.3 Å². The Morgan fingerprint density at radius 3 is 2.91 bits per heavy atom. The molecule has 0 aliphatic carbocycles. The van der Waals surface area contributed by atoms with E-state index in [1.54, 1.807) is 0 Å². The van der Waals surface area contributed by atoms with E-state index in [-0.39, 0.29) is 5.91 Å². The Morgan fingerprint density at radius 1 is 1.27 bits per heavy atom. The molecule has 1 amide bonds. The van der Waals surface area contributed by atoms with Crippen LogP contribution in [0.3, 0.4) is 0 Å². The minimum Gasteiger partial charge on any atom is -0.347 e. The molecule has 2 fully saturated rings. The maximum atomic E-state index is 12.4. The number of thiophene rings is 1. The minimum absolute atomic E-state index is 0.0528. The van der Waals surface area contributed by atoms with Gasteiger partial charge in [-0.1, -0.05) is 23.7 Å². The number of carbonyl (C=O) groups is 1. The van der Waals surface area contributed by atoms with E-state index >= 15 is 0 Å². The van der Waals surface area contributed by atoms with Crippen LogP contribution < -0.4 is 5.32 Å². The molecule has 1 aromatic heterocycles. The molecule has 114 valence electrons. The smallest absolute Gasteiger partial charge is 0.261 e. The Labute approximate surface area is 138 Å². The Morgan fingerprint density at radius 2 is 2.18 bits per heavy atom. The predicted molar refractivity (Wildman–Crippen MR) is 90.6 cm³/mol. The van der Waals surface area contributed by atoms with Crippen molar-refractivity contribution >= 4 is 28.8 Å². The van der Waals surface area contributed by atoms with Crippen molar-refractivity contribution in [3.63, 3.8) is 0 Å². The maximum Gasteiger partial charge on any atom is 0.261 e. The third-order valence-corrected chi connectivity index (χ3v) is 5.96. The van der Waals surface area contributed by atoms with Crippen molar-refractivity contribution in [1.29, 1.82) is 0 Å². The third kappa shape index (κ3) is 2.67. The Kier molecular flexibility index (Phi) is 3.68. The van der Waals surface area contributed by atoms with Crippen molar-refractivity contribution in [3.05, 3.63) is 46.3 Å². The molecule has 2 aromatic rings. The van der Waals surface area contributed by atoms with E-state index in [0.717, 1.165) is 28.4 Å². The second kappa shape index (κ2) is 5.69. The average molecular weight is 333 g/mol. The number of halogens is 1. The van der Waals surface area contributed by atoms with E-state index in [0.29, 0.717) is 17.0 Å². The molecule has 0 radical (unpaired) electrons. The number of hydrogen-bond acceptors (Lipinski definition) is 3. The number of hydrogen-bond donors (Lipinski definition) is 1. The summed E-state index contributed by atoms with van der Waals surface area (Å²) >= 11 is 7.56. The zero-order chi connectivity index (χ0) is 15.1. The van der Waals surface area contributed by atoms with Gasteiger partial charge >= 0.3 is 0 Å². The molecule has 5 heteroatoms. The second-order valence-electron chi connectivity index (χ2n) is 6.06. The first kappa shape index (κ1) is 14.2. The average Bonchev–Trinajstić information content (AvgIpc) is 3.23. The summed E-state index contributed by atoms with van der Waals surface area (Å²) in [7, 11) is 0. The first-order valence-corrected chi connectivity index (χ1v) is 8.77. The van der Waals surface area contributed by atoms with Crippen LogP contribution in [0.2, 0.25) is 5.02 Å². The van der Waals surface area contributed by atoms with Gasteiger partial charge in [-0.2, -0.15) is 0 Å². The Bertz CT molecular complexity index is 714. The van der Waals surface area contributed by atoms with Crippen LogP contribution >= 0.6 is 22.9 Å². The molecule has 3 atom stereocenters. The van der Waals surface area contributed by atoms with Crippen molar-refractivity contribution in [3.8, 4) is 10.4 Å². The lowest BCUT2D eigenvalue weighted by atomic mass is 10.00. The van der Waals surface area contributed by atoms with Gasteiger partial charge in [-0.25, -0.2) is 0 Å². The number of fused-ring (bicyclic) bond motifs is 2. The van der Waals surface area contributed by atoms with Crippen LogP contribution in [-0.2, 0) is 0 Å². The zero-order valence-corrected chi connectivity index (χ0v) is 13.7. The van der Waals surface area contributed by atoms with Crippen molar-refractivity contribution in [1.82, 2.24) is 10.2 Å². The summed E-state index contributed by atoms with van der Waals surface area (Å²) in [5, 5.41) is 3.92. The molecule has 3 heterocycles. The number of nitrogens with zero attached hydrogens (tertiary/aromatic N) is 1. The first-order chi connectivity index (χ1) is 10.7. The highest BCUT2D eigenvalue weighted by molar-refractivity contribution is 7.17. The fourth-order valence-corrected chi connectivity index (χ4v) is 4.54. The van der Waals surface area contributed by atoms with E-state index in [1.807, 2.05) is 36.4 Å². The van der Waals surface area contributed by atoms with Crippen molar-refractivity contribution in [2.45, 2.75) is 12.5 Å². The lowest BCUT2D eigenvalue weighted by Crippen LogP contribution is -2.42. The highest BCUT2D eigenvalue weighted by atomic mass is 35.5. The van der Waals surface area contributed by atoms with E-state index in [9.17, 15) is 4.79 Å². The van der Waals surface area contributed by atoms with Gasteiger partial charge in [0.15, 0.2) is 0 Å². The molecule has 4 rings (SSSR count). The van der Waals surface area contributed by atoms with Gasteiger partial charge < -0.3 is 10.2 Å². The largest absolute Gasteiger partial charge is 0.347 e. The number of nitrogens with one attached hydrogen (secondary N) is 1. The normalized spacial score (nSPS) is 26.3. The van der Waals surface area contributed by atoms with Crippen LogP contribution in [-0.4, -0.2) is 36.5 Å². The highest BCUT2D eigenvalue weighted by Gasteiger charge is 2.38. The quantitative estimate of drug-likeness (QED) is 0.933. The number of benzene rings is 1. The van der Waals surface area contributed by atoms with E-state index < -0.39 is 0 Å². The Balaban J connectivity index is 1.48. The van der Waals surface area contributed by atoms with Crippen molar-refractivity contribution in [2.24, 2.45) is 5.92 Å². The summed E-state index contributed by atoms with van der Waals surface area (Å²) in [5.41, 5.74) is 1.06. The molecule has 2 aliphatic rings. The van der Waals surface area contributed by atoms with Gasteiger partial charge in [-0.15, -0.1) is 11.3 Å². The van der Waals surface area contributed by atoms with Gasteiger partial charge in [-0.05, 0) is 48.7 Å². The molecule has 0 spiro atoms. The number of carbonyl (C=O) groups excluding carboxylic acids is 1. The van der Waals surface area contributed by atoms with Gasteiger partial charge in [-0.3, -0.25) is 4.79 Å². The summed E-state index contributed by atoms with van der Waals surface area (Å²) in [5.74, 6) is 0.688. The molecule has 2 bridgehead atoms. The molecule has 22 heavy (non-hydrogen) atoms. The second-order valence-corrected chi connectivity index (χ2v) is 7.58. The first-order valence-electron chi connectivity index (χ1n) is 7.58. The molecule has 2 unspecified atom stereocenters. The molecule has 1 aromatic carbocycles. The van der Waals surface area contributed by atoms with Crippen LogP contribution in [0.5, 0.6) is 0 Å². The monoisotopic (exact) mass is 332 g/mol. The van der Waals surface area contributed by atoms with Crippen LogP contribution in [0.25, 0.3) is 10.4 Å². The third-order valence-electron chi connectivity index (χ3n) is 4.59. The minimum atomic E-state index is 0.0528. The molecule has 2 aliphatic heterocycles. The van der Waals surface area contributed by atoms with Gasteiger partial charge in [0.2, 0.25) is 0 Å². The van der Waals surface area contributed by atoms with Crippen LogP contribution in [0.15, 0.2) is 36.4 Å². The molecule has 3 nitrogen and oxygen atoms in total.